The zero-order chi connectivity index (χ0) is 15.2. The molecule has 0 spiro atoms. The number of rotatable bonds is 4. The highest BCUT2D eigenvalue weighted by Crippen LogP contribution is 2.25. The van der Waals surface area contributed by atoms with Crippen molar-refractivity contribution >= 4 is 5.91 Å². The van der Waals surface area contributed by atoms with Gasteiger partial charge in [-0.3, -0.25) is 4.79 Å². The highest BCUT2D eigenvalue weighted by atomic mass is 16.1. The summed E-state index contributed by atoms with van der Waals surface area (Å²) in [4.78, 5) is 11.6. The van der Waals surface area contributed by atoms with E-state index < -0.39 is 0 Å². The first-order chi connectivity index (χ1) is 10.1. The first-order valence-electron chi connectivity index (χ1n) is 6.64. The third kappa shape index (κ3) is 3.58. The molecule has 2 aromatic carbocycles. The molecule has 1 amide bonds. The Morgan fingerprint density at radius 2 is 1.95 bits per heavy atom. The number of nitrogens with one attached hydrogen (secondary N) is 1. The maximum Gasteiger partial charge on any atom is 0.246 e. The highest BCUT2D eigenvalue weighted by Gasteiger charge is 2.08. The van der Waals surface area contributed by atoms with Gasteiger partial charge in [0.25, 0.3) is 0 Å². The van der Waals surface area contributed by atoms with E-state index in [0.717, 1.165) is 16.7 Å². The Bertz CT molecular complexity index is 712. The van der Waals surface area contributed by atoms with Crippen molar-refractivity contribution in [2.75, 3.05) is 0 Å². The second-order valence-electron chi connectivity index (χ2n) is 4.81. The molecule has 0 fully saturated rings. The van der Waals surface area contributed by atoms with Gasteiger partial charge in [-0.15, -0.1) is 0 Å². The normalized spacial score (nSPS) is 9.71. The van der Waals surface area contributed by atoms with Crippen molar-refractivity contribution < 1.29 is 4.79 Å². The predicted octanol–water partition coefficient (Wildman–Crippen LogP) is 3.42. The van der Waals surface area contributed by atoms with Gasteiger partial charge in [-0.2, -0.15) is 5.26 Å². The number of benzene rings is 2. The molecule has 0 aliphatic heterocycles. The molecule has 0 saturated carbocycles. The van der Waals surface area contributed by atoms with Crippen molar-refractivity contribution in [3.8, 4) is 17.2 Å². The molecule has 0 bridgehead atoms. The second kappa shape index (κ2) is 6.53. The van der Waals surface area contributed by atoms with Gasteiger partial charge in [-0.1, -0.05) is 43.0 Å². The Hall–Kier alpha value is -2.86. The number of hydrogen-bond donors (Lipinski definition) is 1. The van der Waals surface area contributed by atoms with Crippen LogP contribution < -0.4 is 5.32 Å². The lowest BCUT2D eigenvalue weighted by Crippen LogP contribution is -2.23. The van der Waals surface area contributed by atoms with E-state index in [1.54, 1.807) is 13.0 Å². The molecule has 2 aromatic rings. The van der Waals surface area contributed by atoms with Crippen molar-refractivity contribution in [1.29, 1.82) is 5.26 Å². The van der Waals surface area contributed by atoms with Crippen LogP contribution in [0.25, 0.3) is 11.1 Å². The summed E-state index contributed by atoms with van der Waals surface area (Å²) < 4.78 is 0. The molecule has 0 saturated heterocycles. The maximum absolute atomic E-state index is 11.6. The van der Waals surface area contributed by atoms with E-state index in [-0.39, 0.29) is 5.91 Å². The quantitative estimate of drug-likeness (QED) is 0.870. The van der Waals surface area contributed by atoms with Gasteiger partial charge in [0, 0.05) is 12.1 Å². The summed E-state index contributed by atoms with van der Waals surface area (Å²) in [6.07, 6.45) is 0. The highest BCUT2D eigenvalue weighted by molar-refractivity contribution is 5.92. The molecular formula is C18H16N2O. The van der Waals surface area contributed by atoms with Gasteiger partial charge in [-0.25, -0.2) is 0 Å². The number of carbonyl (C=O) groups excluding carboxylic acids is 1. The third-order valence-corrected chi connectivity index (χ3v) is 3.15. The molecule has 0 radical (unpaired) electrons. The molecule has 21 heavy (non-hydrogen) atoms. The first-order valence-corrected chi connectivity index (χ1v) is 6.64. The van der Waals surface area contributed by atoms with Gasteiger partial charge >= 0.3 is 0 Å². The second-order valence-corrected chi connectivity index (χ2v) is 4.81. The van der Waals surface area contributed by atoms with Crippen LogP contribution in [0.1, 0.15) is 18.1 Å². The Morgan fingerprint density at radius 1 is 1.24 bits per heavy atom. The topological polar surface area (TPSA) is 52.9 Å². The van der Waals surface area contributed by atoms with E-state index in [4.69, 9.17) is 5.26 Å². The summed E-state index contributed by atoms with van der Waals surface area (Å²) in [5, 5.41) is 11.9. The van der Waals surface area contributed by atoms with E-state index in [0.29, 0.717) is 17.7 Å². The average molecular weight is 276 g/mol. The Balaban J connectivity index is 2.35. The standard InChI is InChI=1S/C18H16N2O/c1-13(2)18(21)20-12-16-9-8-14(11-19)10-17(16)15-6-4-3-5-7-15/h3-10H,1,12H2,2H3,(H,20,21). The molecule has 0 aromatic heterocycles. The van der Waals surface area contributed by atoms with Gasteiger partial charge in [0.15, 0.2) is 0 Å². The number of carbonyl (C=O) groups is 1. The molecule has 0 aliphatic carbocycles. The van der Waals surface area contributed by atoms with Crippen molar-refractivity contribution in [2.24, 2.45) is 0 Å². The molecule has 0 unspecified atom stereocenters. The minimum atomic E-state index is -0.168. The molecule has 0 aliphatic rings. The van der Waals surface area contributed by atoms with Crippen molar-refractivity contribution in [2.45, 2.75) is 13.5 Å². The van der Waals surface area contributed by atoms with Gasteiger partial charge in [0.05, 0.1) is 11.6 Å². The fraction of sp³-hybridized carbons (Fsp3) is 0.111. The van der Waals surface area contributed by atoms with Crippen LogP contribution in [0, 0.1) is 11.3 Å². The van der Waals surface area contributed by atoms with Gasteiger partial charge in [-0.05, 0) is 35.7 Å². The van der Waals surface area contributed by atoms with Crippen LogP contribution >= 0.6 is 0 Å². The lowest BCUT2D eigenvalue weighted by molar-refractivity contribution is -0.117. The summed E-state index contributed by atoms with van der Waals surface area (Å²) in [5.74, 6) is -0.168. The molecule has 2 rings (SSSR count). The zero-order valence-corrected chi connectivity index (χ0v) is 11.9. The SMILES string of the molecule is C=C(C)C(=O)NCc1ccc(C#N)cc1-c1ccccc1. The minimum Gasteiger partial charge on any atom is -0.348 e. The maximum atomic E-state index is 11.6. The molecular weight excluding hydrogens is 260 g/mol. The molecule has 3 nitrogen and oxygen atoms in total. The summed E-state index contributed by atoms with van der Waals surface area (Å²) in [6.45, 7) is 5.70. The van der Waals surface area contributed by atoms with Crippen LogP contribution in [0.2, 0.25) is 0 Å². The Labute approximate surface area is 124 Å². The monoisotopic (exact) mass is 276 g/mol. The molecule has 104 valence electrons. The molecule has 0 heterocycles. The fourth-order valence-electron chi connectivity index (χ4n) is 2.01. The summed E-state index contributed by atoms with van der Waals surface area (Å²) in [6, 6.07) is 17.4. The van der Waals surface area contributed by atoms with Crippen LogP contribution in [0.5, 0.6) is 0 Å². The Morgan fingerprint density at radius 3 is 2.57 bits per heavy atom. The summed E-state index contributed by atoms with van der Waals surface area (Å²) in [5.41, 5.74) is 4.02. The van der Waals surface area contributed by atoms with E-state index in [1.807, 2.05) is 42.5 Å². The van der Waals surface area contributed by atoms with Crippen LogP contribution in [-0.4, -0.2) is 5.91 Å². The smallest absolute Gasteiger partial charge is 0.246 e. The lowest BCUT2D eigenvalue weighted by atomic mass is 9.97. The number of nitrogens with zero attached hydrogens (tertiary/aromatic N) is 1. The lowest BCUT2D eigenvalue weighted by Gasteiger charge is -2.11. The zero-order valence-electron chi connectivity index (χ0n) is 11.9. The van der Waals surface area contributed by atoms with Crippen molar-refractivity contribution in [1.82, 2.24) is 5.32 Å². The first kappa shape index (κ1) is 14.5. The van der Waals surface area contributed by atoms with Crippen molar-refractivity contribution in [3.05, 3.63) is 71.8 Å². The van der Waals surface area contributed by atoms with Crippen LogP contribution in [-0.2, 0) is 11.3 Å². The van der Waals surface area contributed by atoms with Crippen LogP contribution in [0.4, 0.5) is 0 Å². The third-order valence-electron chi connectivity index (χ3n) is 3.15. The largest absolute Gasteiger partial charge is 0.348 e. The van der Waals surface area contributed by atoms with E-state index in [2.05, 4.69) is 18.0 Å². The average Bonchev–Trinajstić information content (AvgIpc) is 2.53. The molecule has 0 atom stereocenters. The van der Waals surface area contributed by atoms with Crippen LogP contribution in [0.3, 0.4) is 0 Å². The summed E-state index contributed by atoms with van der Waals surface area (Å²) >= 11 is 0. The predicted molar refractivity (Wildman–Crippen MR) is 83.3 cm³/mol. The van der Waals surface area contributed by atoms with Gasteiger partial charge in [0.2, 0.25) is 5.91 Å². The van der Waals surface area contributed by atoms with E-state index in [1.165, 1.54) is 0 Å². The number of amides is 1. The van der Waals surface area contributed by atoms with E-state index in [9.17, 15) is 4.79 Å². The minimum absolute atomic E-state index is 0.168. The molecule has 1 N–H and O–H groups in total. The van der Waals surface area contributed by atoms with Crippen LogP contribution in [0.15, 0.2) is 60.7 Å². The number of hydrogen-bond acceptors (Lipinski definition) is 2. The van der Waals surface area contributed by atoms with Gasteiger partial charge in [0.1, 0.15) is 0 Å². The Kier molecular flexibility index (Phi) is 4.53. The van der Waals surface area contributed by atoms with Crippen molar-refractivity contribution in [3.63, 3.8) is 0 Å². The van der Waals surface area contributed by atoms with E-state index >= 15 is 0 Å². The fourth-order valence-corrected chi connectivity index (χ4v) is 2.01. The van der Waals surface area contributed by atoms with Gasteiger partial charge < -0.3 is 5.32 Å². The summed E-state index contributed by atoms with van der Waals surface area (Å²) in [7, 11) is 0. The number of nitriles is 1. The molecule has 3 heteroatoms.